The molecule has 0 radical (unpaired) electrons. The zero-order valence-electron chi connectivity index (χ0n) is 11.4. The van der Waals surface area contributed by atoms with Crippen LogP contribution >= 0.6 is 27.7 Å². The molecule has 23 heavy (non-hydrogen) atoms. The molecule has 0 aliphatic heterocycles. The van der Waals surface area contributed by atoms with Gasteiger partial charge in [0.2, 0.25) is 5.89 Å². The SMILES string of the molecule is O=[N+]([O-])c1ccc(/C=C/Sc2nnc(-c3cccc(Br)c3)o2)o1. The van der Waals surface area contributed by atoms with Gasteiger partial charge in [0.1, 0.15) is 10.7 Å². The number of aromatic nitrogens is 2. The van der Waals surface area contributed by atoms with Crippen LogP contribution in [0.2, 0.25) is 0 Å². The van der Waals surface area contributed by atoms with Crippen LogP contribution in [0.5, 0.6) is 0 Å². The molecule has 116 valence electrons. The number of halogens is 1. The smallest absolute Gasteiger partial charge is 0.411 e. The van der Waals surface area contributed by atoms with Gasteiger partial charge in [0.05, 0.1) is 6.07 Å². The number of benzene rings is 1. The minimum Gasteiger partial charge on any atom is -0.411 e. The van der Waals surface area contributed by atoms with Gasteiger partial charge in [0.15, 0.2) is 0 Å². The first-order valence-electron chi connectivity index (χ1n) is 6.29. The molecule has 0 aliphatic carbocycles. The molecule has 1 aromatic carbocycles. The fourth-order valence-electron chi connectivity index (χ4n) is 1.68. The lowest BCUT2D eigenvalue weighted by Gasteiger charge is -1.94. The minimum absolute atomic E-state index is 0.301. The normalized spacial score (nSPS) is 11.2. The molecule has 0 N–H and O–H groups in total. The third kappa shape index (κ3) is 3.88. The fraction of sp³-hybridized carbons (Fsp3) is 0. The van der Waals surface area contributed by atoms with Gasteiger partial charge in [-0.05, 0) is 47.5 Å². The Morgan fingerprint density at radius 2 is 2.09 bits per heavy atom. The summed E-state index contributed by atoms with van der Waals surface area (Å²) in [7, 11) is 0. The molecule has 0 spiro atoms. The van der Waals surface area contributed by atoms with Gasteiger partial charge in [-0.1, -0.05) is 22.0 Å². The maximum absolute atomic E-state index is 10.5. The third-order valence-electron chi connectivity index (χ3n) is 2.67. The molecule has 0 atom stereocenters. The van der Waals surface area contributed by atoms with Crippen molar-refractivity contribution in [2.24, 2.45) is 0 Å². The van der Waals surface area contributed by atoms with Gasteiger partial charge in [0.25, 0.3) is 5.22 Å². The predicted octanol–water partition coefficient (Wildman–Crippen LogP) is 4.76. The van der Waals surface area contributed by atoms with E-state index in [1.54, 1.807) is 11.5 Å². The van der Waals surface area contributed by atoms with Gasteiger partial charge < -0.3 is 8.83 Å². The van der Waals surface area contributed by atoms with E-state index in [0.717, 1.165) is 10.0 Å². The first kappa shape index (κ1) is 15.5. The summed E-state index contributed by atoms with van der Waals surface area (Å²) in [6.07, 6.45) is 1.58. The van der Waals surface area contributed by atoms with E-state index >= 15 is 0 Å². The molecule has 0 fully saturated rings. The largest absolute Gasteiger partial charge is 0.433 e. The predicted molar refractivity (Wildman–Crippen MR) is 87.7 cm³/mol. The van der Waals surface area contributed by atoms with Crippen molar-refractivity contribution in [2.75, 3.05) is 0 Å². The van der Waals surface area contributed by atoms with Crippen molar-refractivity contribution in [3.8, 4) is 11.5 Å². The van der Waals surface area contributed by atoms with E-state index in [1.807, 2.05) is 24.3 Å². The second-order valence-corrected chi connectivity index (χ2v) is 6.01. The van der Waals surface area contributed by atoms with E-state index in [-0.39, 0.29) is 5.88 Å². The first-order chi connectivity index (χ1) is 11.1. The molecule has 0 saturated heterocycles. The highest BCUT2D eigenvalue weighted by molar-refractivity contribution is 9.10. The van der Waals surface area contributed by atoms with Crippen LogP contribution in [0.1, 0.15) is 5.76 Å². The van der Waals surface area contributed by atoms with Crippen LogP contribution in [0.3, 0.4) is 0 Å². The van der Waals surface area contributed by atoms with E-state index in [9.17, 15) is 10.1 Å². The van der Waals surface area contributed by atoms with E-state index in [2.05, 4.69) is 26.1 Å². The molecular weight excluding hydrogens is 386 g/mol. The summed E-state index contributed by atoms with van der Waals surface area (Å²) >= 11 is 4.57. The lowest BCUT2D eigenvalue weighted by atomic mass is 10.2. The molecule has 2 heterocycles. The van der Waals surface area contributed by atoms with Crippen LogP contribution in [-0.4, -0.2) is 15.1 Å². The molecule has 0 bridgehead atoms. The number of hydrogen-bond donors (Lipinski definition) is 0. The quantitative estimate of drug-likeness (QED) is 0.350. The van der Waals surface area contributed by atoms with Crippen molar-refractivity contribution in [2.45, 2.75) is 5.22 Å². The number of thioether (sulfide) groups is 1. The Balaban J connectivity index is 1.67. The Kier molecular flexibility index (Phi) is 4.58. The summed E-state index contributed by atoms with van der Waals surface area (Å²) in [6, 6.07) is 10.3. The van der Waals surface area contributed by atoms with Crippen molar-refractivity contribution in [3.05, 3.63) is 62.2 Å². The van der Waals surface area contributed by atoms with Crippen molar-refractivity contribution in [3.63, 3.8) is 0 Å². The van der Waals surface area contributed by atoms with Crippen LogP contribution in [0.25, 0.3) is 17.5 Å². The van der Waals surface area contributed by atoms with Gasteiger partial charge in [-0.3, -0.25) is 10.1 Å². The summed E-state index contributed by atoms with van der Waals surface area (Å²) in [5, 5.41) is 20.4. The summed E-state index contributed by atoms with van der Waals surface area (Å²) in [6.45, 7) is 0. The molecule has 7 nitrogen and oxygen atoms in total. The first-order valence-corrected chi connectivity index (χ1v) is 7.96. The van der Waals surface area contributed by atoms with Crippen molar-refractivity contribution >= 4 is 39.7 Å². The van der Waals surface area contributed by atoms with Gasteiger partial charge in [-0.2, -0.15) is 0 Å². The maximum atomic E-state index is 10.5. The van der Waals surface area contributed by atoms with E-state index in [1.165, 1.54) is 23.9 Å². The zero-order chi connectivity index (χ0) is 16.2. The summed E-state index contributed by atoms with van der Waals surface area (Å²) in [5.74, 6) is 0.483. The fourth-order valence-corrected chi connectivity index (χ4v) is 2.62. The summed E-state index contributed by atoms with van der Waals surface area (Å²) in [4.78, 5) is 9.93. The van der Waals surface area contributed by atoms with Crippen LogP contribution in [0.15, 0.2) is 60.3 Å². The zero-order valence-corrected chi connectivity index (χ0v) is 13.8. The molecule has 0 amide bonds. The summed E-state index contributed by atoms with van der Waals surface area (Å²) < 4.78 is 11.5. The Labute approximate surface area is 142 Å². The van der Waals surface area contributed by atoms with Crippen molar-refractivity contribution < 1.29 is 13.8 Å². The highest BCUT2D eigenvalue weighted by atomic mass is 79.9. The van der Waals surface area contributed by atoms with Crippen molar-refractivity contribution in [1.82, 2.24) is 10.2 Å². The standard InChI is InChI=1S/C14H8BrN3O4S/c15-10-3-1-2-9(8-10)13-16-17-14(22-13)23-7-6-11-4-5-12(21-11)18(19)20/h1-8H/b7-6+. The molecule has 2 aromatic heterocycles. The number of nitro groups is 1. The molecule has 0 unspecified atom stereocenters. The highest BCUT2D eigenvalue weighted by Crippen LogP contribution is 2.26. The average molecular weight is 394 g/mol. The molecular formula is C14H8BrN3O4S. The maximum Gasteiger partial charge on any atom is 0.433 e. The minimum atomic E-state index is -0.591. The monoisotopic (exact) mass is 393 g/mol. The Morgan fingerprint density at radius 3 is 2.83 bits per heavy atom. The molecule has 9 heteroatoms. The highest BCUT2D eigenvalue weighted by Gasteiger charge is 2.11. The van der Waals surface area contributed by atoms with Crippen LogP contribution < -0.4 is 0 Å². The lowest BCUT2D eigenvalue weighted by molar-refractivity contribution is -0.402. The number of rotatable bonds is 5. The molecule has 3 aromatic rings. The Hall–Kier alpha value is -2.39. The number of nitrogens with zero attached hydrogens (tertiary/aromatic N) is 3. The van der Waals surface area contributed by atoms with Crippen LogP contribution in [-0.2, 0) is 0 Å². The van der Waals surface area contributed by atoms with Gasteiger partial charge >= 0.3 is 5.88 Å². The molecule has 3 rings (SSSR count). The Morgan fingerprint density at radius 1 is 1.22 bits per heavy atom. The van der Waals surface area contributed by atoms with E-state index in [4.69, 9.17) is 8.83 Å². The second kappa shape index (κ2) is 6.80. The van der Waals surface area contributed by atoms with Gasteiger partial charge in [0, 0.05) is 10.0 Å². The topological polar surface area (TPSA) is 95.2 Å². The second-order valence-electron chi connectivity index (χ2n) is 4.24. The van der Waals surface area contributed by atoms with E-state index in [0.29, 0.717) is 16.9 Å². The van der Waals surface area contributed by atoms with Crippen LogP contribution in [0, 0.1) is 10.1 Å². The van der Waals surface area contributed by atoms with Crippen LogP contribution in [0.4, 0.5) is 5.88 Å². The van der Waals surface area contributed by atoms with Crippen molar-refractivity contribution in [1.29, 1.82) is 0 Å². The number of furan rings is 1. The van der Waals surface area contributed by atoms with Gasteiger partial charge in [-0.25, -0.2) is 0 Å². The average Bonchev–Trinajstić information content (AvgIpc) is 3.17. The number of hydrogen-bond acceptors (Lipinski definition) is 7. The van der Waals surface area contributed by atoms with Gasteiger partial charge in [-0.15, -0.1) is 10.2 Å². The summed E-state index contributed by atoms with van der Waals surface area (Å²) in [5.41, 5.74) is 0.810. The van der Waals surface area contributed by atoms with E-state index < -0.39 is 4.92 Å². The lowest BCUT2D eigenvalue weighted by Crippen LogP contribution is -1.82. The Bertz CT molecular complexity index is 874. The third-order valence-corrected chi connectivity index (χ3v) is 3.80. The molecule has 0 aliphatic rings. The molecule has 0 saturated carbocycles.